The van der Waals surface area contributed by atoms with Crippen LogP contribution in [0.25, 0.3) is 44.0 Å². The molecule has 30 heavy (non-hydrogen) atoms. The second-order valence-electron chi connectivity index (χ2n) is 7.25. The van der Waals surface area contributed by atoms with Crippen LogP contribution in [0.4, 0.5) is 0 Å². The Kier molecular flexibility index (Phi) is 3.24. The van der Waals surface area contributed by atoms with E-state index in [0.29, 0.717) is 11.1 Å². The van der Waals surface area contributed by atoms with E-state index in [-0.39, 0.29) is 0 Å². The standard InChI is InChI=1S/C25H13N5/c26-14-16-5-9-23-20(11-16)21-12-17(15-27)6-10-24(21)29(23)25-13-19-8-7-18-3-1-2-4-22(18)30(19)28-25/h1-13H. The Morgan fingerprint density at radius 2 is 1.33 bits per heavy atom. The van der Waals surface area contributed by atoms with Gasteiger partial charge in [0.1, 0.15) is 0 Å². The molecule has 0 saturated carbocycles. The van der Waals surface area contributed by atoms with Crippen molar-refractivity contribution < 1.29 is 0 Å². The first kappa shape index (κ1) is 16.4. The number of para-hydroxylation sites is 1. The molecule has 6 aromatic rings. The smallest absolute Gasteiger partial charge is 0.160 e. The minimum absolute atomic E-state index is 0.588. The number of hydrogen-bond donors (Lipinski definition) is 0. The third-order valence-electron chi connectivity index (χ3n) is 5.57. The van der Waals surface area contributed by atoms with Crippen molar-refractivity contribution in [1.29, 1.82) is 10.5 Å². The van der Waals surface area contributed by atoms with Gasteiger partial charge in [-0.3, -0.25) is 4.57 Å². The first-order valence-corrected chi connectivity index (χ1v) is 9.53. The van der Waals surface area contributed by atoms with Gasteiger partial charge in [-0.15, -0.1) is 5.10 Å². The van der Waals surface area contributed by atoms with E-state index in [4.69, 9.17) is 5.10 Å². The third-order valence-corrected chi connectivity index (χ3v) is 5.57. The summed E-state index contributed by atoms with van der Waals surface area (Å²) in [5, 5.41) is 26.6. The molecule has 0 atom stereocenters. The van der Waals surface area contributed by atoms with Gasteiger partial charge in [-0.2, -0.15) is 10.5 Å². The predicted molar refractivity (Wildman–Crippen MR) is 116 cm³/mol. The molecule has 0 radical (unpaired) electrons. The van der Waals surface area contributed by atoms with Gasteiger partial charge in [0.15, 0.2) is 5.82 Å². The fraction of sp³-hybridized carbons (Fsp3) is 0. The molecular formula is C25H13N5. The summed E-state index contributed by atoms with van der Waals surface area (Å²) in [6.07, 6.45) is 0. The van der Waals surface area contributed by atoms with E-state index in [1.165, 1.54) is 0 Å². The zero-order valence-electron chi connectivity index (χ0n) is 15.7. The molecule has 0 amide bonds. The van der Waals surface area contributed by atoms with Gasteiger partial charge >= 0.3 is 0 Å². The molecule has 138 valence electrons. The molecule has 0 aliphatic rings. The van der Waals surface area contributed by atoms with Crippen molar-refractivity contribution in [3.63, 3.8) is 0 Å². The van der Waals surface area contributed by atoms with E-state index in [1.54, 1.807) is 0 Å². The van der Waals surface area contributed by atoms with Crippen LogP contribution in [0, 0.1) is 22.7 Å². The molecule has 6 rings (SSSR count). The van der Waals surface area contributed by atoms with Gasteiger partial charge < -0.3 is 0 Å². The van der Waals surface area contributed by atoms with Crippen LogP contribution in [0.1, 0.15) is 11.1 Å². The van der Waals surface area contributed by atoms with Crippen molar-refractivity contribution in [2.24, 2.45) is 0 Å². The highest BCUT2D eigenvalue weighted by Crippen LogP contribution is 2.33. The molecule has 3 aromatic heterocycles. The molecule has 0 aliphatic heterocycles. The minimum atomic E-state index is 0.588. The highest BCUT2D eigenvalue weighted by Gasteiger charge is 2.16. The summed E-state index contributed by atoms with van der Waals surface area (Å²) >= 11 is 0. The van der Waals surface area contributed by atoms with Crippen LogP contribution < -0.4 is 0 Å². The van der Waals surface area contributed by atoms with Crippen molar-refractivity contribution in [2.45, 2.75) is 0 Å². The number of aromatic nitrogens is 3. The summed E-state index contributed by atoms with van der Waals surface area (Å²) in [6, 6.07) is 30.1. The molecule has 0 spiro atoms. The van der Waals surface area contributed by atoms with Gasteiger partial charge in [0.05, 0.1) is 45.3 Å². The SMILES string of the molecule is N#Cc1ccc2c(c1)c1cc(C#N)ccc1n2-c1cc2ccc3ccccc3n2n1. The lowest BCUT2D eigenvalue weighted by Crippen LogP contribution is -1.96. The van der Waals surface area contributed by atoms with Gasteiger partial charge in [0, 0.05) is 22.2 Å². The summed E-state index contributed by atoms with van der Waals surface area (Å²) in [6.45, 7) is 0. The number of rotatable bonds is 1. The normalized spacial score (nSPS) is 11.3. The van der Waals surface area contributed by atoms with Crippen LogP contribution >= 0.6 is 0 Å². The van der Waals surface area contributed by atoms with Crippen LogP contribution in [-0.2, 0) is 0 Å². The Hall–Kier alpha value is -4.61. The van der Waals surface area contributed by atoms with Crippen LogP contribution in [0.2, 0.25) is 0 Å². The fourth-order valence-electron chi connectivity index (χ4n) is 4.21. The predicted octanol–water partition coefficient (Wildman–Crippen LogP) is 5.33. The Bertz CT molecular complexity index is 1650. The van der Waals surface area contributed by atoms with Gasteiger partial charge in [-0.25, -0.2) is 4.52 Å². The highest BCUT2D eigenvalue weighted by atomic mass is 15.3. The fourth-order valence-corrected chi connectivity index (χ4v) is 4.21. The van der Waals surface area contributed by atoms with Crippen molar-refractivity contribution in [1.82, 2.24) is 14.2 Å². The lowest BCUT2D eigenvalue weighted by molar-refractivity contribution is 0.952. The van der Waals surface area contributed by atoms with Crippen molar-refractivity contribution in [3.8, 4) is 18.0 Å². The van der Waals surface area contributed by atoms with Gasteiger partial charge in [0.25, 0.3) is 0 Å². The summed E-state index contributed by atoms with van der Waals surface area (Å²) in [7, 11) is 0. The molecule has 0 N–H and O–H groups in total. The largest absolute Gasteiger partial charge is 0.292 e. The molecule has 0 aliphatic carbocycles. The molecule has 0 fully saturated rings. The quantitative estimate of drug-likeness (QED) is 0.385. The second kappa shape index (κ2) is 5.94. The molecule has 5 nitrogen and oxygen atoms in total. The Balaban J connectivity index is 1.74. The van der Waals surface area contributed by atoms with E-state index in [0.717, 1.165) is 44.0 Å². The summed E-state index contributed by atoms with van der Waals surface area (Å²) in [4.78, 5) is 0. The van der Waals surface area contributed by atoms with Gasteiger partial charge in [-0.05, 0) is 48.5 Å². The molecule has 5 heteroatoms. The first-order chi connectivity index (χ1) is 14.8. The van der Waals surface area contributed by atoms with E-state index >= 15 is 0 Å². The highest BCUT2D eigenvalue weighted by molar-refractivity contribution is 6.10. The van der Waals surface area contributed by atoms with Gasteiger partial charge in [-0.1, -0.05) is 24.3 Å². The Labute approximate surface area is 171 Å². The molecule has 3 heterocycles. The topological polar surface area (TPSA) is 69.8 Å². The van der Waals surface area contributed by atoms with Crippen molar-refractivity contribution in [3.05, 3.63) is 90.0 Å². The average molecular weight is 383 g/mol. The molecule has 0 bridgehead atoms. The third kappa shape index (κ3) is 2.18. The lowest BCUT2D eigenvalue weighted by Gasteiger charge is -2.03. The Morgan fingerprint density at radius 1 is 0.667 bits per heavy atom. The van der Waals surface area contributed by atoms with Crippen LogP contribution in [0.15, 0.2) is 78.9 Å². The number of pyridine rings is 1. The maximum atomic E-state index is 9.36. The minimum Gasteiger partial charge on any atom is -0.292 e. The number of nitrogens with zero attached hydrogens (tertiary/aromatic N) is 5. The number of hydrogen-bond acceptors (Lipinski definition) is 3. The van der Waals surface area contributed by atoms with Crippen molar-refractivity contribution in [2.75, 3.05) is 0 Å². The number of nitriles is 2. The van der Waals surface area contributed by atoms with Crippen LogP contribution in [-0.4, -0.2) is 14.2 Å². The monoisotopic (exact) mass is 383 g/mol. The number of benzene rings is 3. The van der Waals surface area contributed by atoms with E-state index in [9.17, 15) is 10.5 Å². The maximum absolute atomic E-state index is 9.36. The first-order valence-electron chi connectivity index (χ1n) is 9.53. The van der Waals surface area contributed by atoms with Crippen LogP contribution in [0.3, 0.4) is 0 Å². The summed E-state index contributed by atoms with van der Waals surface area (Å²) in [5.41, 5.74) is 5.12. The zero-order valence-corrected chi connectivity index (χ0v) is 15.7. The van der Waals surface area contributed by atoms with E-state index in [2.05, 4.69) is 47.0 Å². The van der Waals surface area contributed by atoms with Gasteiger partial charge in [0.2, 0.25) is 0 Å². The maximum Gasteiger partial charge on any atom is 0.160 e. The molecule has 0 saturated heterocycles. The molecule has 3 aromatic carbocycles. The summed E-state index contributed by atoms with van der Waals surface area (Å²) in [5.74, 6) is 0.792. The number of fused-ring (bicyclic) bond motifs is 6. The van der Waals surface area contributed by atoms with E-state index in [1.807, 2.05) is 53.0 Å². The average Bonchev–Trinajstić information content (AvgIpc) is 3.37. The second-order valence-corrected chi connectivity index (χ2v) is 7.25. The summed E-state index contributed by atoms with van der Waals surface area (Å²) < 4.78 is 4.05. The van der Waals surface area contributed by atoms with Crippen molar-refractivity contribution >= 4 is 38.2 Å². The lowest BCUT2D eigenvalue weighted by atomic mass is 10.1. The molecule has 0 unspecified atom stereocenters. The zero-order chi connectivity index (χ0) is 20.2. The molecular weight excluding hydrogens is 370 g/mol. The van der Waals surface area contributed by atoms with Crippen LogP contribution in [0.5, 0.6) is 0 Å². The van der Waals surface area contributed by atoms with E-state index < -0.39 is 0 Å². The Morgan fingerprint density at radius 3 is 2.00 bits per heavy atom.